The molecule has 0 radical (unpaired) electrons. The summed E-state index contributed by atoms with van der Waals surface area (Å²) in [6.07, 6.45) is 3.36. The summed E-state index contributed by atoms with van der Waals surface area (Å²) in [6.45, 7) is 1.79. The number of hydrogen-bond acceptors (Lipinski definition) is 5. The van der Waals surface area contributed by atoms with Crippen molar-refractivity contribution in [2.45, 2.75) is 38.6 Å². The minimum Gasteiger partial charge on any atom is -0.335 e. The average Bonchev–Trinajstić information content (AvgIpc) is 2.87. The second-order valence-corrected chi connectivity index (χ2v) is 9.38. The Morgan fingerprint density at radius 2 is 1.76 bits per heavy atom. The van der Waals surface area contributed by atoms with Crippen molar-refractivity contribution < 1.29 is 14.4 Å². The lowest BCUT2D eigenvalue weighted by molar-refractivity contribution is -0.128. The van der Waals surface area contributed by atoms with Crippen LogP contribution in [-0.2, 0) is 9.59 Å². The SMILES string of the molecule is C/C(=N/NC(=O)[C@H](NC(=O)c1ccccc1)C1=NNC(=O)[C@H]2CCCC[C@H]12)c1cccc(Br)c1. The molecule has 1 aliphatic carbocycles. The van der Waals surface area contributed by atoms with Crippen LogP contribution in [0.1, 0.15) is 48.5 Å². The summed E-state index contributed by atoms with van der Waals surface area (Å²) < 4.78 is 0.898. The zero-order chi connectivity index (χ0) is 24.1. The Morgan fingerprint density at radius 1 is 1.06 bits per heavy atom. The molecule has 3 atom stereocenters. The topological polar surface area (TPSA) is 112 Å². The van der Waals surface area contributed by atoms with E-state index in [0.29, 0.717) is 17.0 Å². The zero-order valence-electron chi connectivity index (χ0n) is 18.8. The summed E-state index contributed by atoms with van der Waals surface area (Å²) in [5.41, 5.74) is 7.48. The third-order valence-corrected chi connectivity index (χ3v) is 6.72. The molecule has 9 heteroatoms. The third kappa shape index (κ3) is 5.41. The smallest absolute Gasteiger partial charge is 0.268 e. The van der Waals surface area contributed by atoms with E-state index in [-0.39, 0.29) is 17.7 Å². The number of fused-ring (bicyclic) bond motifs is 1. The Balaban J connectivity index is 1.60. The summed E-state index contributed by atoms with van der Waals surface area (Å²) in [7, 11) is 0. The number of amides is 3. The fourth-order valence-electron chi connectivity index (χ4n) is 4.42. The van der Waals surface area contributed by atoms with Gasteiger partial charge in [-0.05, 0) is 49.6 Å². The Bertz CT molecular complexity index is 1150. The van der Waals surface area contributed by atoms with Gasteiger partial charge in [0, 0.05) is 21.9 Å². The van der Waals surface area contributed by atoms with Crippen LogP contribution in [0.15, 0.2) is 69.3 Å². The van der Waals surface area contributed by atoms with Crippen LogP contribution in [-0.4, -0.2) is 35.2 Å². The number of carbonyl (C=O) groups is 3. The van der Waals surface area contributed by atoms with Crippen molar-refractivity contribution in [1.29, 1.82) is 0 Å². The van der Waals surface area contributed by atoms with E-state index in [1.54, 1.807) is 31.2 Å². The van der Waals surface area contributed by atoms with Crippen molar-refractivity contribution >= 4 is 45.1 Å². The number of hydrazone groups is 2. The molecule has 0 aromatic heterocycles. The van der Waals surface area contributed by atoms with Crippen LogP contribution in [0.2, 0.25) is 0 Å². The molecular formula is C25H26BrN5O3. The molecular weight excluding hydrogens is 498 g/mol. The molecule has 1 saturated carbocycles. The number of rotatable bonds is 6. The van der Waals surface area contributed by atoms with E-state index in [2.05, 4.69) is 42.3 Å². The summed E-state index contributed by atoms with van der Waals surface area (Å²) in [5.74, 6) is -1.51. The first kappa shape index (κ1) is 23.8. The van der Waals surface area contributed by atoms with E-state index in [0.717, 1.165) is 35.7 Å². The van der Waals surface area contributed by atoms with Crippen LogP contribution in [0.25, 0.3) is 0 Å². The van der Waals surface area contributed by atoms with E-state index in [9.17, 15) is 14.4 Å². The zero-order valence-corrected chi connectivity index (χ0v) is 20.3. The van der Waals surface area contributed by atoms with E-state index in [1.807, 2.05) is 30.3 Å². The van der Waals surface area contributed by atoms with Gasteiger partial charge in [-0.25, -0.2) is 10.9 Å². The van der Waals surface area contributed by atoms with E-state index < -0.39 is 17.9 Å². The number of carbonyl (C=O) groups excluding carboxylic acids is 3. The van der Waals surface area contributed by atoms with Crippen LogP contribution in [0.5, 0.6) is 0 Å². The second-order valence-electron chi connectivity index (χ2n) is 8.47. The van der Waals surface area contributed by atoms with Crippen molar-refractivity contribution in [1.82, 2.24) is 16.2 Å². The summed E-state index contributed by atoms with van der Waals surface area (Å²) >= 11 is 3.43. The van der Waals surface area contributed by atoms with Crippen LogP contribution in [0, 0.1) is 11.8 Å². The quantitative estimate of drug-likeness (QED) is 0.398. The number of nitrogens with one attached hydrogen (secondary N) is 3. The maximum absolute atomic E-state index is 13.3. The molecule has 8 nitrogen and oxygen atoms in total. The van der Waals surface area contributed by atoms with Crippen molar-refractivity contribution in [3.63, 3.8) is 0 Å². The standard InChI is InChI=1S/C25H26BrN5O3/c1-15(17-10-7-11-18(26)14-17)28-31-25(34)22(27-23(32)16-8-3-2-4-9-16)21-19-12-5-6-13-20(19)24(33)30-29-21/h2-4,7-11,14,19-20,22H,5-6,12-13H2,1H3,(H,27,32)(H,30,33)(H,31,34)/b28-15-/t19-,20-,22+/m0/s1. The maximum atomic E-state index is 13.3. The van der Waals surface area contributed by atoms with Gasteiger partial charge in [-0.2, -0.15) is 10.2 Å². The van der Waals surface area contributed by atoms with Gasteiger partial charge in [-0.1, -0.05) is 59.1 Å². The van der Waals surface area contributed by atoms with Gasteiger partial charge in [0.05, 0.1) is 11.4 Å². The molecule has 3 amide bonds. The highest BCUT2D eigenvalue weighted by Gasteiger charge is 2.42. The second kappa shape index (κ2) is 10.7. The Hall–Kier alpha value is -3.33. The highest BCUT2D eigenvalue weighted by Crippen LogP contribution is 2.34. The van der Waals surface area contributed by atoms with Crippen molar-refractivity contribution in [2.75, 3.05) is 0 Å². The molecule has 3 N–H and O–H groups in total. The molecule has 34 heavy (non-hydrogen) atoms. The Kier molecular flexibility index (Phi) is 7.52. The molecule has 0 spiro atoms. The highest BCUT2D eigenvalue weighted by molar-refractivity contribution is 9.10. The Labute approximate surface area is 206 Å². The van der Waals surface area contributed by atoms with Crippen LogP contribution in [0.3, 0.4) is 0 Å². The molecule has 0 unspecified atom stereocenters. The van der Waals surface area contributed by atoms with Crippen LogP contribution >= 0.6 is 15.9 Å². The molecule has 4 rings (SSSR count). The van der Waals surface area contributed by atoms with E-state index in [1.165, 1.54) is 0 Å². The molecule has 1 heterocycles. The molecule has 1 fully saturated rings. The first-order valence-electron chi connectivity index (χ1n) is 11.3. The minimum absolute atomic E-state index is 0.134. The lowest BCUT2D eigenvalue weighted by Gasteiger charge is -2.36. The number of nitrogens with zero attached hydrogens (tertiary/aromatic N) is 2. The van der Waals surface area contributed by atoms with Gasteiger partial charge in [-0.15, -0.1) is 0 Å². The van der Waals surface area contributed by atoms with Crippen molar-refractivity contribution in [2.24, 2.45) is 22.0 Å². The van der Waals surface area contributed by atoms with Gasteiger partial charge in [0.25, 0.3) is 11.8 Å². The van der Waals surface area contributed by atoms with Crippen LogP contribution < -0.4 is 16.2 Å². The predicted octanol–water partition coefficient (Wildman–Crippen LogP) is 3.38. The third-order valence-electron chi connectivity index (χ3n) is 6.22. The van der Waals surface area contributed by atoms with Crippen LogP contribution in [0.4, 0.5) is 0 Å². The van der Waals surface area contributed by atoms with Gasteiger partial charge >= 0.3 is 0 Å². The largest absolute Gasteiger partial charge is 0.335 e. The Morgan fingerprint density at radius 3 is 2.50 bits per heavy atom. The lowest BCUT2D eigenvalue weighted by atomic mass is 9.73. The monoisotopic (exact) mass is 523 g/mol. The lowest BCUT2D eigenvalue weighted by Crippen LogP contribution is -2.57. The number of benzene rings is 2. The van der Waals surface area contributed by atoms with Gasteiger partial charge in [0.2, 0.25) is 5.91 Å². The summed E-state index contributed by atoms with van der Waals surface area (Å²) in [5, 5.41) is 11.3. The highest BCUT2D eigenvalue weighted by atomic mass is 79.9. The normalized spacial score (nSPS) is 20.9. The fourth-order valence-corrected chi connectivity index (χ4v) is 4.82. The molecule has 0 saturated heterocycles. The van der Waals surface area contributed by atoms with Gasteiger partial charge < -0.3 is 5.32 Å². The molecule has 176 valence electrons. The predicted molar refractivity (Wildman–Crippen MR) is 133 cm³/mol. The average molecular weight is 524 g/mol. The number of halogens is 1. The maximum Gasteiger partial charge on any atom is 0.268 e. The van der Waals surface area contributed by atoms with E-state index in [4.69, 9.17) is 0 Å². The van der Waals surface area contributed by atoms with Crippen molar-refractivity contribution in [3.05, 3.63) is 70.2 Å². The molecule has 2 aromatic carbocycles. The van der Waals surface area contributed by atoms with E-state index >= 15 is 0 Å². The van der Waals surface area contributed by atoms with Crippen molar-refractivity contribution in [3.8, 4) is 0 Å². The van der Waals surface area contributed by atoms with Gasteiger partial charge in [0.1, 0.15) is 0 Å². The first-order chi connectivity index (χ1) is 16.4. The molecule has 2 aliphatic rings. The van der Waals surface area contributed by atoms with Gasteiger partial charge in [-0.3, -0.25) is 14.4 Å². The minimum atomic E-state index is -1.07. The summed E-state index contributed by atoms with van der Waals surface area (Å²) in [6, 6.07) is 15.2. The molecule has 0 bridgehead atoms. The first-order valence-corrected chi connectivity index (χ1v) is 12.1. The molecule has 2 aromatic rings. The fraction of sp³-hybridized carbons (Fsp3) is 0.320. The number of hydrogen-bond donors (Lipinski definition) is 3. The van der Waals surface area contributed by atoms with Gasteiger partial charge in [0.15, 0.2) is 6.04 Å². The molecule has 1 aliphatic heterocycles. The summed E-state index contributed by atoms with van der Waals surface area (Å²) in [4.78, 5) is 38.7.